The number of benzene rings is 2. The molecule has 0 N–H and O–H groups in total. The zero-order chi connectivity index (χ0) is 26.0. The summed E-state index contributed by atoms with van der Waals surface area (Å²) in [6.45, 7) is 11.0. The highest BCUT2D eigenvalue weighted by atomic mass is 16.5. The highest BCUT2D eigenvalue weighted by Crippen LogP contribution is 2.61. The summed E-state index contributed by atoms with van der Waals surface area (Å²) >= 11 is 0. The fourth-order valence-electron chi connectivity index (χ4n) is 8.83. The number of aryl methyl sites for hydroxylation is 1. The first-order valence-corrected chi connectivity index (χ1v) is 15.2. The van der Waals surface area contributed by atoms with E-state index in [2.05, 4.69) is 85.6 Å². The highest BCUT2D eigenvalue weighted by Gasteiger charge is 2.55. The van der Waals surface area contributed by atoms with Crippen molar-refractivity contribution in [2.45, 2.75) is 97.1 Å². The third-order valence-electron chi connectivity index (χ3n) is 10.2. The van der Waals surface area contributed by atoms with Crippen LogP contribution in [-0.4, -0.2) is 23.1 Å². The van der Waals surface area contributed by atoms with E-state index < -0.39 is 0 Å². The summed E-state index contributed by atoms with van der Waals surface area (Å²) in [4.78, 5) is 5.29. The summed E-state index contributed by atoms with van der Waals surface area (Å²) in [6.07, 6.45) is 11.8. The Morgan fingerprint density at radius 2 is 1.53 bits per heavy atom. The van der Waals surface area contributed by atoms with Gasteiger partial charge in [-0.1, -0.05) is 58.0 Å². The Hall–Kier alpha value is -2.62. The lowest BCUT2D eigenvalue weighted by Gasteiger charge is -2.56. The van der Waals surface area contributed by atoms with Gasteiger partial charge in [-0.25, -0.2) is 9.56 Å². The molecule has 38 heavy (non-hydrogen) atoms. The van der Waals surface area contributed by atoms with E-state index in [1.807, 2.05) is 0 Å². The molecule has 200 valence electrons. The van der Waals surface area contributed by atoms with Crippen LogP contribution in [0.3, 0.4) is 0 Å². The molecule has 4 aliphatic carbocycles. The molecule has 0 saturated heterocycles. The van der Waals surface area contributed by atoms with E-state index in [4.69, 9.17) is 9.73 Å². The number of hydrogen-bond donors (Lipinski definition) is 0. The second-order valence-corrected chi connectivity index (χ2v) is 13.6. The summed E-state index contributed by atoms with van der Waals surface area (Å²) in [7, 11) is 0. The first-order chi connectivity index (χ1) is 18.4. The zero-order valence-corrected chi connectivity index (χ0v) is 23.7. The predicted molar refractivity (Wildman–Crippen MR) is 154 cm³/mol. The van der Waals surface area contributed by atoms with Crippen LogP contribution in [-0.2, 0) is 11.3 Å². The molecular formula is C34H44N3O+. The van der Waals surface area contributed by atoms with Gasteiger partial charge in [0.25, 0.3) is 0 Å². The Balaban J connectivity index is 1.17. The first kappa shape index (κ1) is 24.4. The van der Waals surface area contributed by atoms with Crippen LogP contribution in [0.1, 0.15) is 95.6 Å². The van der Waals surface area contributed by atoms with Crippen LogP contribution in [0, 0.1) is 23.2 Å². The number of fused-ring (bicyclic) bond motifs is 1. The van der Waals surface area contributed by atoms with Crippen molar-refractivity contribution >= 4 is 16.9 Å². The number of ether oxygens (including phenoxy) is 1. The Labute approximate surface area is 228 Å². The summed E-state index contributed by atoms with van der Waals surface area (Å²) in [6, 6.07) is 16.0. The molecule has 2 heterocycles. The van der Waals surface area contributed by atoms with Crippen LogP contribution in [0.5, 0.6) is 0 Å². The molecule has 4 bridgehead atoms. The van der Waals surface area contributed by atoms with Crippen LogP contribution >= 0.6 is 0 Å². The normalized spacial score (nSPS) is 30.0. The zero-order valence-electron chi connectivity index (χ0n) is 23.7. The molecule has 2 aromatic carbocycles. The minimum Gasteiger partial charge on any atom is -0.478 e. The Bertz CT molecular complexity index is 1320. The van der Waals surface area contributed by atoms with Gasteiger partial charge in [0.15, 0.2) is 16.9 Å². The van der Waals surface area contributed by atoms with E-state index in [-0.39, 0.29) is 11.5 Å². The van der Waals surface area contributed by atoms with Crippen molar-refractivity contribution in [3.05, 3.63) is 59.9 Å². The minimum atomic E-state index is 0.278. The van der Waals surface area contributed by atoms with Gasteiger partial charge in [0.2, 0.25) is 6.33 Å². The quantitative estimate of drug-likeness (QED) is 0.302. The van der Waals surface area contributed by atoms with Crippen molar-refractivity contribution in [1.82, 2.24) is 4.57 Å². The van der Waals surface area contributed by atoms with Crippen molar-refractivity contribution in [3.8, 4) is 5.69 Å². The van der Waals surface area contributed by atoms with Crippen molar-refractivity contribution in [3.63, 3.8) is 0 Å². The van der Waals surface area contributed by atoms with Crippen LogP contribution in [0.4, 0.5) is 0 Å². The second kappa shape index (κ2) is 9.24. The van der Waals surface area contributed by atoms with Gasteiger partial charge < -0.3 is 4.74 Å². The van der Waals surface area contributed by atoms with Gasteiger partial charge in [-0.3, -0.25) is 0 Å². The molecule has 5 aliphatic rings. The van der Waals surface area contributed by atoms with E-state index in [1.54, 1.807) is 0 Å². The van der Waals surface area contributed by atoms with Crippen molar-refractivity contribution in [2.24, 2.45) is 28.2 Å². The molecular weight excluding hydrogens is 466 g/mol. The Morgan fingerprint density at radius 1 is 0.895 bits per heavy atom. The monoisotopic (exact) mass is 510 g/mol. The van der Waals surface area contributed by atoms with Crippen molar-refractivity contribution < 1.29 is 9.30 Å². The molecule has 4 fully saturated rings. The maximum atomic E-state index is 6.42. The summed E-state index contributed by atoms with van der Waals surface area (Å²) in [5.41, 5.74) is 7.04. The molecule has 4 nitrogen and oxygen atoms in total. The van der Waals surface area contributed by atoms with Crippen molar-refractivity contribution in [1.29, 1.82) is 0 Å². The second-order valence-electron chi connectivity index (χ2n) is 13.6. The molecule has 1 atom stereocenters. The van der Waals surface area contributed by atoms with Crippen LogP contribution in [0.15, 0.2) is 53.8 Å². The van der Waals surface area contributed by atoms with Gasteiger partial charge in [-0.15, -0.1) is 0 Å². The third kappa shape index (κ3) is 4.01. The standard InChI is InChI=1S/C34H44N3O/c1-22(2)28-8-7-9-29(23(3)4)32(28)37-21-36(30-10-5-6-11-31(30)37)13-12-27-20-38-33(35-27)34-17-24-14-25(18-34)16-26(15-24)19-34/h5-11,21-27H,12-20H2,1-4H3/q+1. The Kier molecular flexibility index (Phi) is 5.94. The van der Waals surface area contributed by atoms with E-state index in [0.29, 0.717) is 11.8 Å². The van der Waals surface area contributed by atoms with Gasteiger partial charge in [0, 0.05) is 23.0 Å². The summed E-state index contributed by atoms with van der Waals surface area (Å²) in [5, 5.41) is 0. The van der Waals surface area contributed by atoms with Crippen LogP contribution < -0.4 is 4.57 Å². The average molecular weight is 511 g/mol. The van der Waals surface area contributed by atoms with E-state index >= 15 is 0 Å². The lowest BCUT2D eigenvalue weighted by molar-refractivity contribution is -0.672. The van der Waals surface area contributed by atoms with E-state index in [9.17, 15) is 0 Å². The number of aliphatic imine (C=N–C) groups is 1. The molecule has 0 radical (unpaired) electrons. The summed E-state index contributed by atoms with van der Waals surface area (Å²) < 4.78 is 11.3. The van der Waals surface area contributed by atoms with E-state index in [0.717, 1.165) is 43.2 Å². The number of rotatable bonds is 7. The van der Waals surface area contributed by atoms with Gasteiger partial charge in [-0.05, 0) is 80.2 Å². The molecule has 8 rings (SSSR count). The SMILES string of the molecule is CC(C)c1cccc(C(C)C)c1-n1c[n+](CCC2COC(C34CC5CC(CC(C5)C3)C4)=N2)c2ccccc21. The molecule has 4 saturated carbocycles. The van der Waals surface area contributed by atoms with E-state index in [1.165, 1.54) is 66.4 Å². The number of para-hydroxylation sites is 3. The minimum absolute atomic E-state index is 0.278. The van der Waals surface area contributed by atoms with Gasteiger partial charge in [0.05, 0.1) is 12.6 Å². The largest absolute Gasteiger partial charge is 0.478 e. The maximum Gasteiger partial charge on any atom is 0.250 e. The van der Waals surface area contributed by atoms with Gasteiger partial charge >= 0.3 is 0 Å². The summed E-state index contributed by atoms with van der Waals surface area (Å²) in [5.74, 6) is 4.85. The average Bonchev–Trinajstić information content (AvgIpc) is 3.52. The maximum absolute atomic E-state index is 6.42. The van der Waals surface area contributed by atoms with Crippen molar-refractivity contribution in [2.75, 3.05) is 6.61 Å². The fraction of sp³-hybridized carbons (Fsp3) is 0.588. The molecule has 1 aliphatic heterocycles. The first-order valence-electron chi connectivity index (χ1n) is 15.2. The molecule has 4 heteroatoms. The van der Waals surface area contributed by atoms with Gasteiger partial charge in [-0.2, -0.15) is 4.57 Å². The number of hydrogen-bond acceptors (Lipinski definition) is 2. The highest BCUT2D eigenvalue weighted by molar-refractivity contribution is 5.84. The topological polar surface area (TPSA) is 30.4 Å². The molecule has 1 aromatic heterocycles. The smallest absolute Gasteiger partial charge is 0.250 e. The predicted octanol–water partition coefficient (Wildman–Crippen LogP) is 7.57. The van der Waals surface area contributed by atoms with Crippen LogP contribution in [0.2, 0.25) is 0 Å². The molecule has 3 aromatic rings. The number of aromatic nitrogens is 2. The number of nitrogens with zero attached hydrogens (tertiary/aromatic N) is 3. The molecule has 0 spiro atoms. The van der Waals surface area contributed by atoms with Crippen LogP contribution in [0.25, 0.3) is 16.7 Å². The number of imidazole rings is 1. The molecule has 1 unspecified atom stereocenters. The van der Waals surface area contributed by atoms with Gasteiger partial charge in [0.1, 0.15) is 12.3 Å². The lowest BCUT2D eigenvalue weighted by Crippen LogP contribution is -2.50. The fourth-order valence-corrected chi connectivity index (χ4v) is 8.83. The lowest BCUT2D eigenvalue weighted by atomic mass is 9.49. The molecule has 0 amide bonds. The third-order valence-corrected chi connectivity index (χ3v) is 10.2. The Morgan fingerprint density at radius 3 is 2.16 bits per heavy atom.